The van der Waals surface area contributed by atoms with Crippen LogP contribution in [0.5, 0.6) is 0 Å². The van der Waals surface area contributed by atoms with Crippen molar-refractivity contribution in [2.75, 3.05) is 6.61 Å². The molecule has 1 aromatic rings. The second-order valence-electron chi connectivity index (χ2n) is 3.60. The lowest BCUT2D eigenvalue weighted by atomic mass is 9.82. The minimum Gasteiger partial charge on any atom is -0.480 e. The number of carboxylic acids is 1. The minimum atomic E-state index is -1.17. The number of carbonyl (C=O) groups is 1. The first kappa shape index (κ1) is 12.7. The Bertz CT molecular complexity index is 414. The lowest BCUT2D eigenvalue weighted by molar-refractivity contribution is -0.141. The van der Waals surface area contributed by atoms with E-state index >= 15 is 0 Å². The molecule has 0 heterocycles. The molecule has 0 aliphatic carbocycles. The number of aliphatic hydroxyl groups is 1. The number of aliphatic hydroxyl groups excluding tert-OH is 1. The van der Waals surface area contributed by atoms with E-state index in [1.165, 1.54) is 12.2 Å². The van der Waals surface area contributed by atoms with Gasteiger partial charge in [0.05, 0.1) is 6.61 Å². The van der Waals surface area contributed by atoms with Crippen molar-refractivity contribution in [3.8, 4) is 0 Å². The van der Waals surface area contributed by atoms with E-state index in [9.17, 15) is 9.90 Å². The molecule has 0 aromatic heterocycles. The molecule has 4 heteroatoms. The first-order valence-electron chi connectivity index (χ1n) is 4.78. The summed E-state index contributed by atoms with van der Waals surface area (Å²) in [5.41, 5.74) is -0.592. The summed E-state index contributed by atoms with van der Waals surface area (Å²) in [4.78, 5) is 11.3. The number of benzene rings is 1. The summed E-state index contributed by atoms with van der Waals surface area (Å²) in [6.07, 6.45) is 2.87. The van der Waals surface area contributed by atoms with Crippen LogP contribution in [0, 0.1) is 0 Å². The van der Waals surface area contributed by atoms with E-state index in [2.05, 4.69) is 0 Å². The highest BCUT2D eigenvalue weighted by molar-refractivity contribution is 6.30. The standard InChI is InChI=1S/C12H13ClO3/c1-12(11(15)16,6-3-7-14)9-4-2-5-10(13)8-9/h2-6,8,14H,7H2,1H3,(H,15,16)/b6-3+. The van der Waals surface area contributed by atoms with Gasteiger partial charge in [-0.1, -0.05) is 35.9 Å². The number of hydrogen-bond acceptors (Lipinski definition) is 2. The molecule has 2 N–H and O–H groups in total. The molecular weight excluding hydrogens is 228 g/mol. The maximum Gasteiger partial charge on any atom is 0.317 e. The van der Waals surface area contributed by atoms with Crippen molar-refractivity contribution in [3.05, 3.63) is 47.0 Å². The SMILES string of the molecule is CC(/C=C/CO)(C(=O)O)c1cccc(Cl)c1. The highest BCUT2D eigenvalue weighted by Crippen LogP contribution is 2.27. The van der Waals surface area contributed by atoms with Crippen LogP contribution >= 0.6 is 11.6 Å². The topological polar surface area (TPSA) is 57.5 Å². The average Bonchev–Trinajstić information content (AvgIpc) is 2.25. The Morgan fingerprint density at radius 1 is 1.56 bits per heavy atom. The Morgan fingerprint density at radius 3 is 2.75 bits per heavy atom. The highest BCUT2D eigenvalue weighted by Gasteiger charge is 2.32. The minimum absolute atomic E-state index is 0.191. The van der Waals surface area contributed by atoms with Crippen LogP contribution < -0.4 is 0 Å². The normalized spacial score (nSPS) is 14.9. The number of carboxylic acid groups (broad SMARTS) is 1. The third-order valence-corrected chi connectivity index (χ3v) is 2.66. The smallest absolute Gasteiger partial charge is 0.317 e. The zero-order chi connectivity index (χ0) is 12.2. The molecule has 0 radical (unpaired) electrons. The van der Waals surface area contributed by atoms with E-state index in [-0.39, 0.29) is 6.61 Å². The summed E-state index contributed by atoms with van der Waals surface area (Å²) in [6.45, 7) is 1.37. The van der Waals surface area contributed by atoms with E-state index in [0.717, 1.165) is 0 Å². The van der Waals surface area contributed by atoms with Gasteiger partial charge in [-0.3, -0.25) is 4.79 Å². The molecule has 0 bridgehead atoms. The van der Waals surface area contributed by atoms with Crippen molar-refractivity contribution in [1.82, 2.24) is 0 Å². The molecule has 86 valence electrons. The maximum atomic E-state index is 11.3. The van der Waals surface area contributed by atoms with Gasteiger partial charge in [-0.15, -0.1) is 0 Å². The maximum absolute atomic E-state index is 11.3. The predicted molar refractivity (Wildman–Crippen MR) is 62.7 cm³/mol. The van der Waals surface area contributed by atoms with Gasteiger partial charge in [0.25, 0.3) is 0 Å². The fraction of sp³-hybridized carbons (Fsp3) is 0.250. The lowest BCUT2D eigenvalue weighted by Crippen LogP contribution is -2.30. The summed E-state index contributed by atoms with van der Waals surface area (Å²) >= 11 is 5.82. The summed E-state index contributed by atoms with van der Waals surface area (Å²) in [5, 5.41) is 18.4. The Balaban J connectivity index is 3.21. The first-order chi connectivity index (χ1) is 7.50. The van der Waals surface area contributed by atoms with Gasteiger partial charge in [-0.2, -0.15) is 0 Å². The second kappa shape index (κ2) is 5.14. The van der Waals surface area contributed by atoms with Crippen LogP contribution in [0.3, 0.4) is 0 Å². The van der Waals surface area contributed by atoms with Crippen LogP contribution in [0.2, 0.25) is 5.02 Å². The molecule has 1 rings (SSSR count). The molecule has 0 aliphatic rings. The second-order valence-corrected chi connectivity index (χ2v) is 4.04. The van der Waals surface area contributed by atoms with E-state index < -0.39 is 11.4 Å². The predicted octanol–water partition coefficient (Wildman–Crippen LogP) is 2.23. The van der Waals surface area contributed by atoms with Gasteiger partial charge < -0.3 is 10.2 Å². The van der Waals surface area contributed by atoms with Crippen molar-refractivity contribution in [2.24, 2.45) is 0 Å². The van der Waals surface area contributed by atoms with Crippen molar-refractivity contribution < 1.29 is 15.0 Å². The van der Waals surface area contributed by atoms with Crippen molar-refractivity contribution >= 4 is 17.6 Å². The van der Waals surface area contributed by atoms with Crippen molar-refractivity contribution in [1.29, 1.82) is 0 Å². The molecule has 1 aromatic carbocycles. The Hall–Kier alpha value is -1.32. The summed E-state index contributed by atoms with van der Waals surface area (Å²) in [7, 11) is 0. The molecule has 0 saturated heterocycles. The Kier molecular flexibility index (Phi) is 4.10. The monoisotopic (exact) mass is 240 g/mol. The molecule has 1 atom stereocenters. The average molecular weight is 241 g/mol. The Morgan fingerprint density at radius 2 is 2.25 bits per heavy atom. The lowest BCUT2D eigenvalue weighted by Gasteiger charge is -2.21. The van der Waals surface area contributed by atoms with Crippen LogP contribution in [0.25, 0.3) is 0 Å². The zero-order valence-corrected chi connectivity index (χ0v) is 9.61. The van der Waals surface area contributed by atoms with Gasteiger partial charge in [0.15, 0.2) is 0 Å². The fourth-order valence-corrected chi connectivity index (χ4v) is 1.58. The van der Waals surface area contributed by atoms with Gasteiger partial charge >= 0.3 is 5.97 Å². The molecule has 0 fully saturated rings. The van der Waals surface area contributed by atoms with Gasteiger partial charge in [0.2, 0.25) is 0 Å². The Labute approximate surface area is 99.0 Å². The van der Waals surface area contributed by atoms with E-state index in [0.29, 0.717) is 10.6 Å². The van der Waals surface area contributed by atoms with Crippen LogP contribution in [0.15, 0.2) is 36.4 Å². The van der Waals surface area contributed by atoms with Crippen LogP contribution in [0.1, 0.15) is 12.5 Å². The molecule has 0 aliphatic heterocycles. The quantitative estimate of drug-likeness (QED) is 0.794. The molecule has 3 nitrogen and oxygen atoms in total. The van der Waals surface area contributed by atoms with Crippen LogP contribution in [-0.2, 0) is 10.2 Å². The molecule has 1 unspecified atom stereocenters. The largest absolute Gasteiger partial charge is 0.480 e. The molecule has 16 heavy (non-hydrogen) atoms. The highest BCUT2D eigenvalue weighted by atomic mass is 35.5. The molecular formula is C12H13ClO3. The van der Waals surface area contributed by atoms with Crippen molar-refractivity contribution in [2.45, 2.75) is 12.3 Å². The van der Waals surface area contributed by atoms with Crippen molar-refractivity contribution in [3.63, 3.8) is 0 Å². The van der Waals surface area contributed by atoms with Gasteiger partial charge in [-0.25, -0.2) is 0 Å². The number of hydrogen-bond donors (Lipinski definition) is 2. The van der Waals surface area contributed by atoms with E-state index in [4.69, 9.17) is 16.7 Å². The van der Waals surface area contributed by atoms with Gasteiger partial charge in [-0.05, 0) is 24.6 Å². The summed E-state index contributed by atoms with van der Waals surface area (Å²) in [5.74, 6) is -0.987. The zero-order valence-electron chi connectivity index (χ0n) is 8.85. The first-order valence-corrected chi connectivity index (χ1v) is 5.16. The fourth-order valence-electron chi connectivity index (χ4n) is 1.39. The molecule has 0 spiro atoms. The van der Waals surface area contributed by atoms with Gasteiger partial charge in [0.1, 0.15) is 5.41 Å². The third-order valence-electron chi connectivity index (χ3n) is 2.43. The van der Waals surface area contributed by atoms with Crippen LogP contribution in [-0.4, -0.2) is 22.8 Å². The number of aliphatic carboxylic acids is 1. The summed E-state index contributed by atoms with van der Waals surface area (Å²) in [6, 6.07) is 6.69. The molecule has 0 saturated carbocycles. The van der Waals surface area contributed by atoms with E-state index in [1.807, 2.05) is 0 Å². The molecule has 0 amide bonds. The number of rotatable bonds is 4. The van der Waals surface area contributed by atoms with Gasteiger partial charge in [0, 0.05) is 5.02 Å². The van der Waals surface area contributed by atoms with Crippen LogP contribution in [0.4, 0.5) is 0 Å². The number of halogens is 1. The van der Waals surface area contributed by atoms with E-state index in [1.54, 1.807) is 31.2 Å². The third kappa shape index (κ3) is 2.62. The summed E-state index contributed by atoms with van der Waals surface area (Å²) < 4.78 is 0.